The third-order valence-corrected chi connectivity index (χ3v) is 7.17. The predicted molar refractivity (Wildman–Crippen MR) is 74.9 cm³/mol. The summed E-state index contributed by atoms with van der Waals surface area (Å²) < 4.78 is 156. The van der Waals surface area contributed by atoms with E-state index in [-0.39, 0.29) is 0 Å². The monoisotopic (exact) mass is 504 g/mol. The summed E-state index contributed by atoms with van der Waals surface area (Å²) in [7, 11) is -19.9. The van der Waals surface area contributed by atoms with Crippen molar-refractivity contribution in [2.75, 3.05) is 0 Å². The van der Waals surface area contributed by atoms with Crippen molar-refractivity contribution in [3.05, 3.63) is 18.2 Å². The Bertz CT molecular complexity index is 622. The molecular weight excluding hydrogens is 503 g/mol. The molecule has 0 radical (unpaired) electrons. The zero-order valence-electron chi connectivity index (χ0n) is 10.1. The lowest BCUT2D eigenvalue weighted by Crippen LogP contribution is -2.13. The Morgan fingerprint density at radius 3 is 0.625 bits per heavy atom. The van der Waals surface area contributed by atoms with Crippen molar-refractivity contribution >= 4 is 59.2 Å². The van der Waals surface area contributed by atoms with Crippen LogP contribution in [0.3, 0.4) is 0 Å². The number of hydrogen-bond acceptors (Lipinski definition) is 0. The van der Waals surface area contributed by atoms with Crippen LogP contribution in [0.2, 0.25) is 0 Å². The first kappa shape index (κ1) is 22.3. The van der Waals surface area contributed by atoms with E-state index in [1.54, 1.807) is 0 Å². The Hall–Kier alpha value is 0.300. The third-order valence-electron chi connectivity index (χ3n) is 2.19. The van der Waals surface area contributed by atoms with Crippen molar-refractivity contribution in [2.45, 2.75) is 14.7 Å². The van der Waals surface area contributed by atoms with E-state index in [4.69, 9.17) is 0 Å². The van der Waals surface area contributed by atoms with E-state index in [1.807, 2.05) is 0 Å². The molecule has 1 aromatic rings. The second kappa shape index (κ2) is 3.53. The molecule has 0 nitrogen and oxygen atoms in total. The Kier molecular flexibility index (Phi) is 3.29. The van der Waals surface area contributed by atoms with Crippen LogP contribution in [0.25, 0.3) is 0 Å². The van der Waals surface area contributed by atoms with Crippen LogP contribution < -0.4 is 0 Å². The van der Waals surface area contributed by atoms with Gasteiger partial charge in [0.15, 0.2) is 0 Å². The molecule has 0 aliphatic rings. The number of benzene rings is 1. The van der Waals surface area contributed by atoms with E-state index in [0.717, 1.165) is 0 Å². The normalized spacial score (nSPS) is 23.1. The Labute approximate surface area is 138 Å². The molecular formula is C6H3Cl3F12S3. The van der Waals surface area contributed by atoms with Crippen molar-refractivity contribution in [2.24, 2.45) is 0 Å². The SMILES string of the molecule is FS(F)(F)(F)(Cl)c1cc(S(F)(F)(F)(F)Cl)cc(S(F)(F)(F)(F)Cl)c1. The molecule has 18 heteroatoms. The van der Waals surface area contributed by atoms with Crippen LogP contribution in [0.15, 0.2) is 32.9 Å². The van der Waals surface area contributed by atoms with Crippen LogP contribution in [0, 0.1) is 0 Å². The van der Waals surface area contributed by atoms with E-state index in [1.165, 1.54) is 0 Å². The molecule has 0 amide bonds. The van der Waals surface area contributed by atoms with Gasteiger partial charge in [-0.1, -0.05) is 0 Å². The van der Waals surface area contributed by atoms with Crippen LogP contribution in [0.4, 0.5) is 46.6 Å². The van der Waals surface area contributed by atoms with Gasteiger partial charge in [0.1, 0.15) is 0 Å². The largest absolute Gasteiger partial charge is 0.253 e. The lowest BCUT2D eigenvalue weighted by atomic mass is 10.4. The molecule has 0 aliphatic carbocycles. The van der Waals surface area contributed by atoms with Gasteiger partial charge in [-0.25, -0.2) is 0 Å². The lowest BCUT2D eigenvalue weighted by molar-refractivity contribution is 0.469. The topological polar surface area (TPSA) is 0 Å². The third kappa shape index (κ3) is 5.65. The summed E-state index contributed by atoms with van der Waals surface area (Å²) in [5.74, 6) is 0. The summed E-state index contributed by atoms with van der Waals surface area (Å²) in [6.45, 7) is 0. The number of hydrogen-bond donors (Lipinski definition) is 0. The first-order valence-electron chi connectivity index (χ1n) is 4.66. The van der Waals surface area contributed by atoms with Crippen LogP contribution in [-0.4, -0.2) is 0 Å². The molecule has 0 atom stereocenters. The highest BCUT2D eigenvalue weighted by molar-refractivity contribution is 8.67. The zero-order chi connectivity index (χ0) is 20.1. The molecule has 0 unspecified atom stereocenters. The fraction of sp³-hybridized carbons (Fsp3) is 0. The van der Waals surface area contributed by atoms with Crippen LogP contribution in [0.5, 0.6) is 0 Å². The number of halogens is 15. The van der Waals surface area contributed by atoms with Gasteiger partial charge in [0, 0.05) is 32.0 Å². The molecule has 0 aromatic heterocycles. The van der Waals surface area contributed by atoms with E-state index < -0.39 is 60.0 Å². The molecule has 0 aliphatic heterocycles. The maximum absolute atomic E-state index is 13.0. The molecule has 24 heavy (non-hydrogen) atoms. The first-order valence-corrected chi connectivity index (χ1v) is 13.3. The average molecular weight is 506 g/mol. The predicted octanol–water partition coefficient (Wildman–Crippen LogP) is 10.5. The van der Waals surface area contributed by atoms with Gasteiger partial charge in [0.2, 0.25) is 0 Å². The zero-order valence-corrected chi connectivity index (χ0v) is 14.8. The minimum Gasteiger partial charge on any atom is -0.107 e. The van der Waals surface area contributed by atoms with Gasteiger partial charge in [0.25, 0.3) is 27.2 Å². The Morgan fingerprint density at radius 2 is 0.542 bits per heavy atom. The van der Waals surface area contributed by atoms with Gasteiger partial charge in [-0.15, -0.1) is 46.6 Å². The van der Waals surface area contributed by atoms with Gasteiger partial charge in [-0.2, -0.15) is 0 Å². The summed E-state index contributed by atoms with van der Waals surface area (Å²) in [6.07, 6.45) is 0. The fourth-order valence-electron chi connectivity index (χ4n) is 1.21. The van der Waals surface area contributed by atoms with Crippen LogP contribution >= 0.6 is 59.2 Å². The molecule has 1 rings (SSSR count). The van der Waals surface area contributed by atoms with Crippen LogP contribution in [-0.2, 0) is 0 Å². The minimum absolute atomic E-state index is 1.44. The van der Waals surface area contributed by atoms with Crippen molar-refractivity contribution in [1.82, 2.24) is 0 Å². The maximum Gasteiger partial charge on any atom is 0.253 e. The van der Waals surface area contributed by atoms with E-state index in [9.17, 15) is 46.6 Å². The van der Waals surface area contributed by atoms with E-state index in [0.29, 0.717) is 0 Å². The van der Waals surface area contributed by atoms with E-state index >= 15 is 0 Å². The quantitative estimate of drug-likeness (QED) is 0.358. The standard InChI is InChI=1S/C6H3Cl3F12S3/c7-22(10,11,12,13)4-1-5(23(8,14,15,16)17)3-6(2-4)24(9,18,19,20)21/h1-3H. The second-order valence-corrected chi connectivity index (χ2v) is 17.4. The summed E-state index contributed by atoms with van der Waals surface area (Å²) in [4.78, 5) is -10.3. The summed E-state index contributed by atoms with van der Waals surface area (Å²) in [6, 6.07) is -4.31. The molecule has 0 N–H and O–H groups in total. The average Bonchev–Trinajstić information content (AvgIpc) is 2.05. The van der Waals surface area contributed by atoms with Crippen molar-refractivity contribution in [3.63, 3.8) is 0 Å². The van der Waals surface area contributed by atoms with Gasteiger partial charge in [-0.3, -0.25) is 0 Å². The highest BCUT2D eigenvalue weighted by Crippen LogP contribution is 3.09. The van der Waals surface area contributed by atoms with E-state index in [2.05, 4.69) is 32.0 Å². The molecule has 0 saturated carbocycles. The highest BCUT2D eigenvalue weighted by Gasteiger charge is 2.70. The molecule has 0 saturated heterocycles. The minimum atomic E-state index is -10.2. The van der Waals surface area contributed by atoms with Crippen molar-refractivity contribution in [3.8, 4) is 0 Å². The number of rotatable bonds is 3. The lowest BCUT2D eigenvalue weighted by Gasteiger charge is -2.48. The second-order valence-electron chi connectivity index (χ2n) is 4.55. The van der Waals surface area contributed by atoms with Gasteiger partial charge < -0.3 is 0 Å². The molecule has 0 spiro atoms. The molecule has 0 heterocycles. The highest BCUT2D eigenvalue weighted by atomic mass is 35.8. The van der Waals surface area contributed by atoms with Crippen molar-refractivity contribution in [1.29, 1.82) is 0 Å². The van der Waals surface area contributed by atoms with Crippen LogP contribution in [0.1, 0.15) is 0 Å². The first-order chi connectivity index (χ1) is 9.28. The molecule has 150 valence electrons. The molecule has 1 aromatic carbocycles. The smallest absolute Gasteiger partial charge is 0.107 e. The maximum atomic E-state index is 13.0. The van der Waals surface area contributed by atoms with Gasteiger partial charge in [-0.05, 0) is 18.2 Å². The van der Waals surface area contributed by atoms with Gasteiger partial charge in [0.05, 0.1) is 14.7 Å². The summed E-state index contributed by atoms with van der Waals surface area (Å²) >= 11 is 0. The summed E-state index contributed by atoms with van der Waals surface area (Å²) in [5, 5.41) is 0. The Balaban J connectivity index is 4.19. The molecule has 0 fully saturated rings. The summed E-state index contributed by atoms with van der Waals surface area (Å²) in [5.41, 5.74) is 0. The van der Waals surface area contributed by atoms with Crippen molar-refractivity contribution < 1.29 is 46.6 Å². The fourth-order valence-corrected chi connectivity index (χ4v) is 4.34. The molecule has 0 bridgehead atoms. The Morgan fingerprint density at radius 1 is 0.417 bits per heavy atom. The van der Waals surface area contributed by atoms with Gasteiger partial charge >= 0.3 is 0 Å².